The Labute approximate surface area is 177 Å². The lowest BCUT2D eigenvalue weighted by atomic mass is 10.1. The van der Waals surface area contributed by atoms with Gasteiger partial charge in [0.25, 0.3) is 15.8 Å². The molecule has 3 aromatic rings. The van der Waals surface area contributed by atoms with Crippen molar-refractivity contribution in [1.29, 1.82) is 0 Å². The molecular weight excluding hydrogens is 456 g/mol. The average Bonchev–Trinajstić information content (AvgIpc) is 2.70. The Kier molecular flexibility index (Phi) is 6.34. The molecule has 0 heterocycles. The van der Waals surface area contributed by atoms with E-state index in [0.29, 0.717) is 12.0 Å². The van der Waals surface area contributed by atoms with Gasteiger partial charge < -0.3 is 10.8 Å². The second-order valence-electron chi connectivity index (χ2n) is 5.85. The summed E-state index contributed by atoms with van der Waals surface area (Å²) >= 11 is 0.448. The largest absolute Gasteiger partial charge is 0.507 e. The Morgan fingerprint density at radius 2 is 1.81 bits per heavy atom. The summed E-state index contributed by atoms with van der Waals surface area (Å²) in [6, 6.07) is 8.29. The molecule has 3 rings (SSSR count). The topological polar surface area (TPSA) is 207 Å². The molecule has 0 amide bonds. The van der Waals surface area contributed by atoms with E-state index >= 15 is 0 Å². The fourth-order valence-electron chi connectivity index (χ4n) is 2.61. The Bertz CT molecular complexity index is 1290. The predicted octanol–water partition coefficient (Wildman–Crippen LogP) is 4.13. The number of nitrogens with zero attached hydrogens (tertiary/aromatic N) is 3. The monoisotopic (exact) mass is 468 g/mol. The molecule has 0 saturated heterocycles. The van der Waals surface area contributed by atoms with Crippen molar-refractivity contribution in [3.63, 3.8) is 0 Å². The number of phenolic OH excluding ortho intramolecular Hbond substituents is 1. The molecule has 0 unspecified atom stereocenters. The number of rotatable bonds is 7. The molecule has 162 valence electrons. The molecule has 0 spiro atoms. The van der Waals surface area contributed by atoms with E-state index in [0.717, 1.165) is 12.1 Å². The van der Waals surface area contributed by atoms with Gasteiger partial charge in [-0.1, -0.05) is 5.04 Å². The number of nitrogen functional groups attached to an aromatic ring is 1. The summed E-state index contributed by atoms with van der Waals surface area (Å²) in [6.07, 6.45) is 0. The number of anilines is 1. The molecule has 0 aliphatic rings. The van der Waals surface area contributed by atoms with Gasteiger partial charge in [0.15, 0.2) is 0 Å². The maximum Gasteiger partial charge on any atom is 0.294 e. The van der Waals surface area contributed by atoms with Crippen molar-refractivity contribution in [2.45, 2.75) is 9.79 Å². The minimum absolute atomic E-state index is 0.0133. The maximum absolute atomic E-state index is 11.4. The Hall–Kier alpha value is -3.34. The van der Waals surface area contributed by atoms with Crippen LogP contribution in [0.5, 0.6) is 5.75 Å². The smallest absolute Gasteiger partial charge is 0.294 e. The van der Waals surface area contributed by atoms with Crippen LogP contribution < -0.4 is 5.73 Å². The molecule has 15 heteroatoms. The number of nitro benzene ring substituents is 1. The third-order valence-electron chi connectivity index (χ3n) is 3.94. The van der Waals surface area contributed by atoms with Crippen LogP contribution in [-0.4, -0.2) is 28.3 Å². The second-order valence-corrected chi connectivity index (χ2v) is 8.02. The van der Waals surface area contributed by atoms with Gasteiger partial charge in [-0.2, -0.15) is 13.5 Å². The first-order valence-electron chi connectivity index (χ1n) is 7.99. The summed E-state index contributed by atoms with van der Waals surface area (Å²) in [6.45, 7) is 0. The molecular formula is C16H12N4O9S2. The van der Waals surface area contributed by atoms with Gasteiger partial charge in [0.05, 0.1) is 38.1 Å². The first-order valence-corrected chi connectivity index (χ1v) is 10.2. The van der Waals surface area contributed by atoms with Crippen LogP contribution in [0.15, 0.2) is 62.5 Å². The van der Waals surface area contributed by atoms with Gasteiger partial charge >= 0.3 is 0 Å². The number of phenols is 1. The molecule has 0 bridgehead atoms. The number of fused-ring (bicyclic) bond motifs is 1. The Balaban J connectivity index is 2.15. The van der Waals surface area contributed by atoms with E-state index in [1.807, 2.05) is 0 Å². The third kappa shape index (κ3) is 4.88. The molecule has 5 N–H and O–H groups in total. The lowest BCUT2D eigenvalue weighted by Crippen LogP contribution is -1.99. The highest BCUT2D eigenvalue weighted by molar-refractivity contribution is 7.94. The summed E-state index contributed by atoms with van der Waals surface area (Å²) in [4.78, 5) is 9.67. The van der Waals surface area contributed by atoms with Crippen LogP contribution in [0.4, 0.5) is 22.7 Å². The van der Waals surface area contributed by atoms with E-state index < -0.39 is 25.7 Å². The van der Waals surface area contributed by atoms with Crippen molar-refractivity contribution in [2.24, 2.45) is 10.2 Å². The molecule has 0 aromatic heterocycles. The quantitative estimate of drug-likeness (QED) is 0.0737. The zero-order valence-electron chi connectivity index (χ0n) is 15.1. The molecule has 31 heavy (non-hydrogen) atoms. The highest BCUT2D eigenvalue weighted by Crippen LogP contribution is 2.45. The van der Waals surface area contributed by atoms with E-state index in [2.05, 4.69) is 19.6 Å². The molecule has 3 aromatic carbocycles. The molecule has 0 atom stereocenters. The van der Waals surface area contributed by atoms with Crippen molar-refractivity contribution in [3.8, 4) is 5.75 Å². The Morgan fingerprint density at radius 1 is 1.13 bits per heavy atom. The van der Waals surface area contributed by atoms with Gasteiger partial charge in [0, 0.05) is 23.6 Å². The Morgan fingerprint density at radius 3 is 2.39 bits per heavy atom. The van der Waals surface area contributed by atoms with Crippen molar-refractivity contribution in [2.75, 3.05) is 5.73 Å². The fraction of sp³-hybridized carbons (Fsp3) is 0. The van der Waals surface area contributed by atoms with Crippen molar-refractivity contribution < 1.29 is 37.6 Å². The van der Waals surface area contributed by atoms with Crippen LogP contribution >= 0.6 is 12.0 Å². The highest BCUT2D eigenvalue weighted by Gasteiger charge is 2.20. The lowest BCUT2D eigenvalue weighted by molar-refractivity contribution is -0.432. The summed E-state index contributed by atoms with van der Waals surface area (Å²) in [5, 5.41) is 41.0. The summed E-state index contributed by atoms with van der Waals surface area (Å²) in [7, 11) is -4.62. The number of hydrogen-bond donors (Lipinski definition) is 4. The van der Waals surface area contributed by atoms with Crippen LogP contribution in [-0.2, 0) is 19.5 Å². The van der Waals surface area contributed by atoms with Crippen molar-refractivity contribution in [1.82, 2.24) is 0 Å². The fourth-order valence-corrected chi connectivity index (χ4v) is 3.65. The normalized spacial score (nSPS) is 11.9. The van der Waals surface area contributed by atoms with Crippen molar-refractivity contribution >= 4 is 55.7 Å². The molecule has 0 radical (unpaired) electrons. The minimum Gasteiger partial charge on any atom is -0.507 e. The number of benzene rings is 3. The summed E-state index contributed by atoms with van der Waals surface area (Å²) in [5.74, 6) is -0.551. The number of azo groups is 1. The van der Waals surface area contributed by atoms with Gasteiger partial charge in [-0.05, 0) is 29.7 Å². The van der Waals surface area contributed by atoms with E-state index in [1.54, 1.807) is 0 Å². The minimum atomic E-state index is -4.62. The zero-order valence-corrected chi connectivity index (χ0v) is 16.7. The first-order chi connectivity index (χ1) is 14.6. The van der Waals surface area contributed by atoms with Crippen molar-refractivity contribution in [3.05, 3.63) is 52.6 Å². The van der Waals surface area contributed by atoms with E-state index in [-0.39, 0.29) is 38.4 Å². The number of nitro groups is 1. The second kappa shape index (κ2) is 8.80. The van der Waals surface area contributed by atoms with Crippen LogP contribution in [0, 0.1) is 10.1 Å². The van der Waals surface area contributed by atoms with Gasteiger partial charge in [-0.3, -0.25) is 14.7 Å². The summed E-state index contributed by atoms with van der Waals surface area (Å²) < 4.78 is 36.5. The molecule has 13 nitrogen and oxygen atoms in total. The standard InChI is InChI=1S/C16H12N4O9S2/c17-15-14-8(5-11(7-12(14)21)31(25,26)27)6-13(30-29-28-24)16(15)19-18-9-1-3-10(4-2-9)20(22)23/h1-7,21,24H,17H2,(H,25,26,27). The molecule has 0 aliphatic carbocycles. The highest BCUT2D eigenvalue weighted by atomic mass is 32.2. The molecule has 0 fully saturated rings. The van der Waals surface area contributed by atoms with E-state index in [1.165, 1.54) is 30.3 Å². The van der Waals surface area contributed by atoms with Crippen LogP contribution in [0.3, 0.4) is 0 Å². The average molecular weight is 468 g/mol. The van der Waals surface area contributed by atoms with Gasteiger partial charge in [-0.25, -0.2) is 5.26 Å². The van der Waals surface area contributed by atoms with Gasteiger partial charge in [0.2, 0.25) is 0 Å². The van der Waals surface area contributed by atoms with Gasteiger partial charge in [-0.15, -0.1) is 9.45 Å². The predicted molar refractivity (Wildman–Crippen MR) is 108 cm³/mol. The van der Waals surface area contributed by atoms with Crippen LogP contribution in [0.2, 0.25) is 0 Å². The third-order valence-corrected chi connectivity index (χ3v) is 5.40. The zero-order chi connectivity index (χ0) is 22.8. The SMILES string of the molecule is Nc1c(N=Nc2ccc([N+](=O)[O-])cc2)c(SOOO)cc2cc(S(=O)(=O)O)cc(O)c12. The maximum atomic E-state index is 11.4. The number of non-ortho nitro benzene ring substituents is 1. The van der Waals surface area contributed by atoms with Gasteiger partial charge in [0.1, 0.15) is 11.4 Å². The lowest BCUT2D eigenvalue weighted by Gasteiger charge is -2.12. The van der Waals surface area contributed by atoms with Crippen LogP contribution in [0.1, 0.15) is 0 Å². The molecule has 0 aliphatic heterocycles. The number of hydrogen-bond acceptors (Lipinski definition) is 12. The number of aromatic hydroxyl groups is 1. The number of nitrogens with two attached hydrogens (primary N) is 1. The van der Waals surface area contributed by atoms with E-state index in [4.69, 9.17) is 11.0 Å². The van der Waals surface area contributed by atoms with E-state index in [9.17, 15) is 28.2 Å². The first kappa shape index (κ1) is 22.3. The summed E-state index contributed by atoms with van der Waals surface area (Å²) in [5.41, 5.74) is 6.02. The van der Waals surface area contributed by atoms with Crippen LogP contribution in [0.25, 0.3) is 10.8 Å². The molecule has 0 saturated carbocycles.